The van der Waals surface area contributed by atoms with Gasteiger partial charge in [-0.15, -0.1) is 0 Å². The Morgan fingerprint density at radius 2 is 2.16 bits per heavy atom. The third kappa shape index (κ3) is 1.85. The second kappa shape index (κ2) is 4.46. The highest BCUT2D eigenvalue weighted by Gasteiger charge is 2.26. The number of hydrogen-bond acceptors (Lipinski definition) is 3. The van der Waals surface area contributed by atoms with Crippen LogP contribution in [-0.4, -0.2) is 9.97 Å². The molecule has 1 aromatic heterocycles. The molecule has 1 aliphatic heterocycles. The molecule has 1 aliphatic carbocycles. The molecule has 1 N–H and O–H groups in total. The topological polar surface area (TPSA) is 28.7 Å². The van der Waals surface area contributed by atoms with Gasteiger partial charge in [-0.1, -0.05) is 36.5 Å². The average molecular weight is 286 g/mol. The van der Waals surface area contributed by atoms with E-state index in [9.17, 15) is 0 Å². The Bertz CT molecular complexity index is 706. The summed E-state index contributed by atoms with van der Waals surface area (Å²) in [6.07, 6.45) is 2.29. The molecule has 0 amide bonds. The minimum Gasteiger partial charge on any atom is -0.346 e. The maximum absolute atomic E-state index is 5.46. The Morgan fingerprint density at radius 1 is 1.26 bits per heavy atom. The smallest absolute Gasteiger partial charge is 0.134 e. The van der Waals surface area contributed by atoms with Crippen LogP contribution in [0.3, 0.4) is 0 Å². The molecule has 0 fully saturated rings. The minimum atomic E-state index is 0.397. The van der Waals surface area contributed by atoms with Gasteiger partial charge in [0.15, 0.2) is 0 Å². The normalized spacial score (nSPS) is 20.3. The van der Waals surface area contributed by atoms with Crippen LogP contribution in [0.5, 0.6) is 0 Å². The van der Waals surface area contributed by atoms with Crippen LogP contribution >= 0.6 is 24.0 Å². The van der Waals surface area contributed by atoms with Crippen LogP contribution in [0.2, 0.25) is 0 Å². The maximum atomic E-state index is 5.46. The van der Waals surface area contributed by atoms with E-state index >= 15 is 0 Å². The van der Waals surface area contributed by atoms with Crippen molar-refractivity contribution in [1.29, 1.82) is 0 Å². The summed E-state index contributed by atoms with van der Waals surface area (Å²) in [7, 11) is 0. The Hall–Kier alpha value is -1.13. The van der Waals surface area contributed by atoms with Gasteiger partial charge < -0.3 is 4.98 Å². The van der Waals surface area contributed by atoms with Crippen molar-refractivity contribution in [3.8, 4) is 0 Å². The van der Waals surface area contributed by atoms with Crippen LogP contribution in [0.25, 0.3) is 0 Å². The van der Waals surface area contributed by atoms with Crippen LogP contribution in [0.15, 0.2) is 24.3 Å². The van der Waals surface area contributed by atoms with E-state index in [4.69, 9.17) is 12.2 Å². The molecule has 1 atom stereocenters. The summed E-state index contributed by atoms with van der Waals surface area (Å²) in [6, 6.07) is 8.70. The van der Waals surface area contributed by atoms with Gasteiger partial charge in [-0.05, 0) is 24.0 Å². The first-order valence-electron chi connectivity index (χ1n) is 6.60. The Kier molecular flexibility index (Phi) is 2.74. The van der Waals surface area contributed by atoms with Gasteiger partial charge in [0, 0.05) is 28.7 Å². The van der Waals surface area contributed by atoms with Gasteiger partial charge in [0.2, 0.25) is 0 Å². The largest absolute Gasteiger partial charge is 0.346 e. The van der Waals surface area contributed by atoms with Gasteiger partial charge in [0.1, 0.15) is 10.5 Å². The fourth-order valence-electron chi connectivity index (χ4n) is 3.10. The molecule has 0 bridgehead atoms. The van der Waals surface area contributed by atoms with Crippen molar-refractivity contribution in [3.63, 3.8) is 0 Å². The van der Waals surface area contributed by atoms with Crippen molar-refractivity contribution < 1.29 is 0 Å². The summed E-state index contributed by atoms with van der Waals surface area (Å²) < 4.78 is 0.804. The lowest BCUT2D eigenvalue weighted by Gasteiger charge is -2.12. The zero-order chi connectivity index (χ0) is 12.8. The monoisotopic (exact) mass is 286 g/mol. The summed E-state index contributed by atoms with van der Waals surface area (Å²) in [6.45, 7) is 0. The highest BCUT2D eigenvalue weighted by Crippen LogP contribution is 2.38. The van der Waals surface area contributed by atoms with Crippen LogP contribution in [0, 0.1) is 4.64 Å². The second-order valence-corrected chi connectivity index (χ2v) is 6.54. The van der Waals surface area contributed by atoms with Crippen LogP contribution in [0.1, 0.15) is 40.5 Å². The quantitative estimate of drug-likeness (QED) is 0.804. The minimum absolute atomic E-state index is 0.397. The number of nitrogens with one attached hydrogen (secondary N) is 1. The first kappa shape index (κ1) is 11.7. The Balaban J connectivity index is 1.83. The standard InChI is InChI=1S/C15H14N2S2/c18-15-12-7-19-8-13(12)16-14(17-15)11-6-5-9-3-1-2-4-10(9)11/h1-4,11H,5-8H2,(H,16,17,18). The van der Waals surface area contributed by atoms with Gasteiger partial charge in [-0.25, -0.2) is 4.98 Å². The van der Waals surface area contributed by atoms with Crippen molar-refractivity contribution in [2.75, 3.05) is 0 Å². The van der Waals surface area contributed by atoms with E-state index in [1.165, 1.54) is 22.4 Å². The SMILES string of the molecule is S=c1nc(C2CCc3ccccc32)[nH]c2c1CSC2. The molecule has 19 heavy (non-hydrogen) atoms. The fourth-order valence-corrected chi connectivity index (χ4v) is 4.55. The van der Waals surface area contributed by atoms with E-state index in [0.29, 0.717) is 5.92 Å². The first-order valence-corrected chi connectivity index (χ1v) is 8.17. The van der Waals surface area contributed by atoms with Crippen molar-refractivity contribution in [1.82, 2.24) is 9.97 Å². The van der Waals surface area contributed by atoms with Crippen molar-refractivity contribution in [2.24, 2.45) is 0 Å². The zero-order valence-electron chi connectivity index (χ0n) is 10.5. The summed E-state index contributed by atoms with van der Waals surface area (Å²) in [5.74, 6) is 3.52. The molecule has 0 saturated carbocycles. The lowest BCUT2D eigenvalue weighted by molar-refractivity contribution is 0.719. The molecular weight excluding hydrogens is 272 g/mol. The number of H-pyrrole nitrogens is 1. The summed E-state index contributed by atoms with van der Waals surface area (Å²) >= 11 is 7.37. The van der Waals surface area contributed by atoms with E-state index in [1.54, 1.807) is 0 Å². The molecule has 2 heterocycles. The molecule has 2 nitrogen and oxygen atoms in total. The molecule has 2 aromatic rings. The number of hydrogen-bond donors (Lipinski definition) is 1. The fraction of sp³-hybridized carbons (Fsp3) is 0.333. The lowest BCUT2D eigenvalue weighted by atomic mass is 10.0. The number of fused-ring (bicyclic) bond motifs is 2. The molecule has 2 aliphatic rings. The Labute approximate surface area is 121 Å². The number of rotatable bonds is 1. The van der Waals surface area contributed by atoms with E-state index in [-0.39, 0.29) is 0 Å². The molecule has 1 aromatic carbocycles. The predicted molar refractivity (Wildman–Crippen MR) is 81.0 cm³/mol. The maximum Gasteiger partial charge on any atom is 0.134 e. The molecule has 0 spiro atoms. The highest BCUT2D eigenvalue weighted by atomic mass is 32.2. The van der Waals surface area contributed by atoms with Crippen molar-refractivity contribution in [3.05, 3.63) is 57.1 Å². The Morgan fingerprint density at radius 3 is 3.11 bits per heavy atom. The first-order chi connectivity index (χ1) is 9.33. The number of nitrogens with zero attached hydrogens (tertiary/aromatic N) is 1. The summed E-state index contributed by atoms with van der Waals surface area (Å²) in [4.78, 5) is 8.22. The number of aryl methyl sites for hydroxylation is 1. The molecule has 4 rings (SSSR count). The van der Waals surface area contributed by atoms with Crippen LogP contribution in [-0.2, 0) is 17.9 Å². The summed E-state index contributed by atoms with van der Waals surface area (Å²) in [5, 5.41) is 0. The number of aromatic amines is 1. The third-order valence-corrected chi connectivity index (χ3v) is 5.40. The number of thioether (sulfide) groups is 1. The second-order valence-electron chi connectivity index (χ2n) is 5.17. The summed E-state index contributed by atoms with van der Waals surface area (Å²) in [5.41, 5.74) is 5.43. The van der Waals surface area contributed by atoms with Crippen molar-refractivity contribution in [2.45, 2.75) is 30.3 Å². The van der Waals surface area contributed by atoms with E-state index < -0.39 is 0 Å². The molecular formula is C15H14N2S2. The van der Waals surface area contributed by atoms with Gasteiger partial charge >= 0.3 is 0 Å². The van der Waals surface area contributed by atoms with E-state index in [1.807, 2.05) is 11.8 Å². The van der Waals surface area contributed by atoms with Gasteiger partial charge in [0.05, 0.1) is 0 Å². The van der Waals surface area contributed by atoms with Gasteiger partial charge in [-0.3, -0.25) is 0 Å². The third-order valence-electron chi connectivity index (χ3n) is 4.08. The van der Waals surface area contributed by atoms with Gasteiger partial charge in [-0.2, -0.15) is 11.8 Å². The molecule has 96 valence electrons. The van der Waals surface area contributed by atoms with Crippen molar-refractivity contribution >= 4 is 24.0 Å². The predicted octanol–water partition coefficient (Wildman–Crippen LogP) is 3.96. The van der Waals surface area contributed by atoms with E-state index in [0.717, 1.165) is 34.8 Å². The van der Waals surface area contributed by atoms with Gasteiger partial charge in [0.25, 0.3) is 0 Å². The molecule has 4 heteroatoms. The van der Waals surface area contributed by atoms with E-state index in [2.05, 4.69) is 34.2 Å². The molecule has 0 radical (unpaired) electrons. The molecule has 0 saturated heterocycles. The number of aromatic nitrogens is 2. The van der Waals surface area contributed by atoms with Crippen LogP contribution in [0.4, 0.5) is 0 Å². The van der Waals surface area contributed by atoms with Crippen LogP contribution < -0.4 is 0 Å². The average Bonchev–Trinajstić information content (AvgIpc) is 3.04. The molecule has 1 unspecified atom stereocenters. The highest BCUT2D eigenvalue weighted by molar-refractivity contribution is 7.98. The zero-order valence-corrected chi connectivity index (χ0v) is 12.1. The lowest BCUT2D eigenvalue weighted by Crippen LogP contribution is -2.06. The number of benzene rings is 1.